The summed E-state index contributed by atoms with van der Waals surface area (Å²) >= 11 is 1.48. The first-order valence-electron chi connectivity index (χ1n) is 7.06. The third-order valence-corrected chi connectivity index (χ3v) is 4.42. The van der Waals surface area contributed by atoms with Crippen LogP contribution in [-0.2, 0) is 4.79 Å². The lowest BCUT2D eigenvalue weighted by atomic mass is 10.1. The predicted molar refractivity (Wildman–Crippen MR) is 83.6 cm³/mol. The Balaban J connectivity index is 1.88. The molecule has 6 heteroatoms. The van der Waals surface area contributed by atoms with Gasteiger partial charge in [-0.25, -0.2) is 0 Å². The number of amides is 2. The van der Waals surface area contributed by atoms with Crippen molar-refractivity contribution < 1.29 is 14.7 Å². The number of aliphatic hydroxyl groups excluding tert-OH is 1. The Morgan fingerprint density at radius 2 is 2.33 bits per heavy atom. The minimum absolute atomic E-state index is 0.0388. The fraction of sp³-hybridized carbons (Fsp3) is 0.467. The summed E-state index contributed by atoms with van der Waals surface area (Å²) in [5.74, 6) is 0.502. The number of carbonyl (C=O) groups excluding carboxylic acids is 2. The Bertz CT molecular complexity index is 534. The van der Waals surface area contributed by atoms with Crippen molar-refractivity contribution in [3.8, 4) is 0 Å². The van der Waals surface area contributed by atoms with Crippen molar-refractivity contribution in [3.05, 3.63) is 23.8 Å². The molecule has 1 aliphatic rings. The van der Waals surface area contributed by atoms with E-state index in [9.17, 15) is 9.59 Å². The summed E-state index contributed by atoms with van der Waals surface area (Å²) in [4.78, 5) is 24.4. The Morgan fingerprint density at radius 1 is 1.52 bits per heavy atom. The van der Waals surface area contributed by atoms with Crippen LogP contribution in [0, 0.1) is 5.92 Å². The van der Waals surface area contributed by atoms with E-state index >= 15 is 0 Å². The molecule has 114 valence electrons. The van der Waals surface area contributed by atoms with E-state index in [-0.39, 0.29) is 24.3 Å². The lowest BCUT2D eigenvalue weighted by Gasteiger charge is -2.17. The smallest absolute Gasteiger partial charge is 0.251 e. The molecule has 0 saturated carbocycles. The van der Waals surface area contributed by atoms with Crippen molar-refractivity contribution in [2.45, 2.75) is 24.7 Å². The van der Waals surface area contributed by atoms with Gasteiger partial charge < -0.3 is 15.7 Å². The molecule has 3 N–H and O–H groups in total. The molecule has 1 unspecified atom stereocenters. The van der Waals surface area contributed by atoms with Crippen molar-refractivity contribution in [2.24, 2.45) is 5.92 Å². The van der Waals surface area contributed by atoms with E-state index in [1.54, 1.807) is 12.1 Å². The molecule has 1 heterocycles. The fourth-order valence-corrected chi connectivity index (χ4v) is 2.86. The van der Waals surface area contributed by atoms with Crippen LogP contribution in [0.2, 0.25) is 0 Å². The quantitative estimate of drug-likeness (QED) is 0.701. The van der Waals surface area contributed by atoms with E-state index in [1.807, 2.05) is 13.0 Å². The van der Waals surface area contributed by atoms with Crippen LogP contribution in [-0.4, -0.2) is 35.8 Å². The highest BCUT2D eigenvalue weighted by Gasteiger charge is 2.17. The number of nitrogens with one attached hydrogen (secondary N) is 2. The van der Waals surface area contributed by atoms with Crippen molar-refractivity contribution >= 4 is 29.3 Å². The number of hydrogen-bond donors (Lipinski definition) is 3. The molecule has 0 saturated heterocycles. The largest absolute Gasteiger partial charge is 0.396 e. The summed E-state index contributed by atoms with van der Waals surface area (Å²) in [6.45, 7) is 2.74. The zero-order valence-corrected chi connectivity index (χ0v) is 12.8. The maximum absolute atomic E-state index is 12.0. The summed E-state index contributed by atoms with van der Waals surface area (Å²) in [6, 6.07) is 5.35. The highest BCUT2D eigenvalue weighted by atomic mass is 32.2. The molecule has 2 amide bonds. The van der Waals surface area contributed by atoms with Crippen molar-refractivity contribution in [2.75, 3.05) is 24.2 Å². The average Bonchev–Trinajstić information content (AvgIpc) is 2.50. The highest BCUT2D eigenvalue weighted by molar-refractivity contribution is 8.00. The minimum Gasteiger partial charge on any atom is -0.396 e. The number of aliphatic hydroxyl groups is 1. The Morgan fingerprint density at radius 3 is 3.10 bits per heavy atom. The zero-order valence-electron chi connectivity index (χ0n) is 12.0. The van der Waals surface area contributed by atoms with E-state index in [1.165, 1.54) is 11.8 Å². The summed E-state index contributed by atoms with van der Waals surface area (Å²) in [6.07, 6.45) is 1.72. The van der Waals surface area contributed by atoms with Crippen molar-refractivity contribution in [1.29, 1.82) is 0 Å². The monoisotopic (exact) mass is 308 g/mol. The van der Waals surface area contributed by atoms with Crippen LogP contribution in [0.15, 0.2) is 23.1 Å². The van der Waals surface area contributed by atoms with Gasteiger partial charge in [-0.3, -0.25) is 9.59 Å². The molecule has 0 radical (unpaired) electrons. The second kappa shape index (κ2) is 7.47. The van der Waals surface area contributed by atoms with E-state index in [0.717, 1.165) is 17.7 Å². The van der Waals surface area contributed by atoms with E-state index in [2.05, 4.69) is 10.6 Å². The molecule has 1 aromatic carbocycles. The predicted octanol–water partition coefficient (Wildman–Crippen LogP) is 1.87. The third-order valence-electron chi connectivity index (χ3n) is 3.35. The van der Waals surface area contributed by atoms with Gasteiger partial charge in [-0.05, 0) is 37.0 Å². The third kappa shape index (κ3) is 4.47. The second-order valence-corrected chi connectivity index (χ2v) is 6.25. The van der Waals surface area contributed by atoms with Gasteiger partial charge in [0, 0.05) is 23.6 Å². The molecule has 1 aliphatic heterocycles. The molecule has 2 rings (SSSR count). The van der Waals surface area contributed by atoms with Crippen molar-refractivity contribution in [3.63, 3.8) is 0 Å². The van der Waals surface area contributed by atoms with E-state index in [4.69, 9.17) is 5.11 Å². The zero-order chi connectivity index (χ0) is 15.2. The van der Waals surface area contributed by atoms with Gasteiger partial charge in [0.05, 0.1) is 11.4 Å². The Hall–Kier alpha value is -1.53. The van der Waals surface area contributed by atoms with Gasteiger partial charge in [-0.15, -0.1) is 11.8 Å². The molecule has 0 aromatic heterocycles. The molecule has 1 atom stereocenters. The van der Waals surface area contributed by atoms with Crippen LogP contribution in [0.25, 0.3) is 0 Å². The molecular weight excluding hydrogens is 288 g/mol. The number of hydrogen-bond acceptors (Lipinski definition) is 4. The van der Waals surface area contributed by atoms with Crippen LogP contribution in [0.5, 0.6) is 0 Å². The minimum atomic E-state index is -0.140. The first kappa shape index (κ1) is 15.9. The van der Waals surface area contributed by atoms with Gasteiger partial charge in [0.1, 0.15) is 0 Å². The van der Waals surface area contributed by atoms with Gasteiger partial charge in [0.25, 0.3) is 5.91 Å². The van der Waals surface area contributed by atoms with E-state index < -0.39 is 0 Å². The molecule has 0 bridgehead atoms. The van der Waals surface area contributed by atoms with Gasteiger partial charge >= 0.3 is 0 Å². The van der Waals surface area contributed by atoms with Gasteiger partial charge in [0.15, 0.2) is 0 Å². The topological polar surface area (TPSA) is 78.4 Å². The molecule has 0 spiro atoms. The van der Waals surface area contributed by atoms with Crippen LogP contribution < -0.4 is 10.6 Å². The maximum Gasteiger partial charge on any atom is 0.251 e. The van der Waals surface area contributed by atoms with Gasteiger partial charge in [-0.2, -0.15) is 0 Å². The number of anilines is 1. The molecule has 21 heavy (non-hydrogen) atoms. The first-order chi connectivity index (χ1) is 10.1. The van der Waals surface area contributed by atoms with Crippen LogP contribution >= 0.6 is 11.8 Å². The Labute approximate surface area is 128 Å². The number of benzene rings is 1. The summed E-state index contributed by atoms with van der Waals surface area (Å²) in [5.41, 5.74) is 1.25. The standard InChI is InChI=1S/C15H20N2O3S/c1-10(8-18)3-2-6-16-15(20)11-4-5-13-12(7-11)17-14(19)9-21-13/h4-5,7,10,18H,2-3,6,8-9H2,1H3,(H,16,20)(H,17,19). The molecular formula is C15H20N2O3S. The SMILES string of the molecule is CC(CO)CCCNC(=O)c1ccc2c(c1)NC(=O)CS2. The lowest BCUT2D eigenvalue weighted by molar-refractivity contribution is -0.113. The average molecular weight is 308 g/mol. The van der Waals surface area contributed by atoms with Gasteiger partial charge in [-0.1, -0.05) is 6.92 Å². The lowest BCUT2D eigenvalue weighted by Crippen LogP contribution is -2.25. The van der Waals surface area contributed by atoms with Crippen LogP contribution in [0.1, 0.15) is 30.1 Å². The second-order valence-electron chi connectivity index (χ2n) is 5.23. The van der Waals surface area contributed by atoms with E-state index in [0.29, 0.717) is 23.5 Å². The number of rotatable bonds is 6. The number of carbonyl (C=O) groups is 2. The summed E-state index contributed by atoms with van der Waals surface area (Å²) in [7, 11) is 0. The number of thioether (sulfide) groups is 1. The summed E-state index contributed by atoms with van der Waals surface area (Å²) < 4.78 is 0. The Kier molecular flexibility index (Phi) is 5.64. The molecule has 1 aromatic rings. The summed E-state index contributed by atoms with van der Waals surface area (Å²) in [5, 5.41) is 14.6. The maximum atomic E-state index is 12.0. The van der Waals surface area contributed by atoms with Gasteiger partial charge in [0.2, 0.25) is 5.91 Å². The van der Waals surface area contributed by atoms with Crippen LogP contribution in [0.4, 0.5) is 5.69 Å². The number of fused-ring (bicyclic) bond motifs is 1. The molecule has 5 nitrogen and oxygen atoms in total. The fourth-order valence-electron chi connectivity index (χ4n) is 2.07. The normalized spacial score (nSPS) is 15.0. The van der Waals surface area contributed by atoms with Crippen LogP contribution in [0.3, 0.4) is 0 Å². The molecule has 0 aliphatic carbocycles. The molecule has 0 fully saturated rings. The first-order valence-corrected chi connectivity index (χ1v) is 8.04. The van der Waals surface area contributed by atoms with Crippen molar-refractivity contribution in [1.82, 2.24) is 5.32 Å². The highest BCUT2D eigenvalue weighted by Crippen LogP contribution is 2.31.